The number of aryl methyl sites for hydroxylation is 1. The molecule has 2 rings (SSSR count). The molecule has 0 aliphatic heterocycles. The molecule has 0 saturated heterocycles. The minimum Gasteiger partial charge on any atom is -0.341 e. The van der Waals surface area contributed by atoms with E-state index in [1.807, 2.05) is 0 Å². The zero-order valence-corrected chi connectivity index (χ0v) is 12.7. The zero-order valence-electron chi connectivity index (χ0n) is 12.7. The van der Waals surface area contributed by atoms with Crippen molar-refractivity contribution in [1.82, 2.24) is 14.0 Å². The number of hydrogen-bond acceptors (Lipinski definition) is 4. The molecule has 0 aromatic carbocycles. The first-order valence-electron chi connectivity index (χ1n) is 7.07. The van der Waals surface area contributed by atoms with Crippen molar-refractivity contribution in [3.8, 4) is 0 Å². The molecule has 2 unspecified atom stereocenters. The van der Waals surface area contributed by atoms with E-state index in [-0.39, 0.29) is 35.7 Å². The van der Waals surface area contributed by atoms with Crippen molar-refractivity contribution in [3.05, 3.63) is 32.6 Å². The first kappa shape index (κ1) is 15.5. The van der Waals surface area contributed by atoms with Gasteiger partial charge in [0.15, 0.2) is 0 Å². The van der Waals surface area contributed by atoms with Gasteiger partial charge in [-0.3, -0.25) is 14.2 Å². The molecule has 2 atom stereocenters. The van der Waals surface area contributed by atoms with Gasteiger partial charge in [0.25, 0.3) is 5.56 Å². The van der Waals surface area contributed by atoms with Gasteiger partial charge in [0.1, 0.15) is 0 Å². The van der Waals surface area contributed by atoms with Crippen LogP contribution in [0.4, 0.5) is 0 Å². The quantitative estimate of drug-likeness (QED) is 0.788. The number of nitrogens with two attached hydrogens (primary N) is 1. The van der Waals surface area contributed by atoms with Crippen LogP contribution in [0.15, 0.2) is 15.8 Å². The highest BCUT2D eigenvalue weighted by Crippen LogP contribution is 2.25. The number of nitrogens with zero attached hydrogens (tertiary/aromatic N) is 3. The van der Waals surface area contributed by atoms with Crippen LogP contribution >= 0.6 is 0 Å². The van der Waals surface area contributed by atoms with Crippen molar-refractivity contribution in [3.63, 3.8) is 0 Å². The molecule has 1 aliphatic carbocycles. The van der Waals surface area contributed by atoms with Crippen LogP contribution in [0, 0.1) is 5.92 Å². The highest BCUT2D eigenvalue weighted by atomic mass is 16.2. The maximum atomic E-state index is 12.3. The molecular formula is C14H22N4O3. The monoisotopic (exact) mass is 294 g/mol. The molecule has 7 nitrogen and oxygen atoms in total. The van der Waals surface area contributed by atoms with Gasteiger partial charge in [-0.2, -0.15) is 0 Å². The van der Waals surface area contributed by atoms with Crippen LogP contribution in [0.3, 0.4) is 0 Å². The average molecular weight is 294 g/mol. The van der Waals surface area contributed by atoms with E-state index in [1.165, 1.54) is 17.8 Å². The number of aromatic nitrogens is 2. The Balaban J connectivity index is 2.17. The van der Waals surface area contributed by atoms with E-state index in [0.29, 0.717) is 12.0 Å². The maximum Gasteiger partial charge on any atom is 0.330 e. The molecule has 0 bridgehead atoms. The van der Waals surface area contributed by atoms with E-state index in [0.717, 1.165) is 17.4 Å². The summed E-state index contributed by atoms with van der Waals surface area (Å²) in [6, 6.07) is 0.0952. The average Bonchev–Trinajstić information content (AvgIpc) is 2.88. The summed E-state index contributed by atoms with van der Waals surface area (Å²) in [7, 11) is 4.70. The molecule has 1 aromatic rings. The molecule has 1 amide bonds. The van der Waals surface area contributed by atoms with Gasteiger partial charge in [-0.05, 0) is 19.3 Å². The third-order valence-corrected chi connectivity index (χ3v) is 4.12. The van der Waals surface area contributed by atoms with E-state index in [1.54, 1.807) is 19.0 Å². The molecule has 1 aromatic heterocycles. The van der Waals surface area contributed by atoms with Crippen LogP contribution in [0.2, 0.25) is 0 Å². The zero-order chi connectivity index (χ0) is 15.7. The van der Waals surface area contributed by atoms with Gasteiger partial charge in [-0.15, -0.1) is 0 Å². The number of rotatable bonds is 3. The predicted molar refractivity (Wildman–Crippen MR) is 78.7 cm³/mol. The summed E-state index contributed by atoms with van der Waals surface area (Å²) in [5, 5.41) is 0. The van der Waals surface area contributed by atoms with Crippen LogP contribution in [-0.4, -0.2) is 33.0 Å². The Kier molecular flexibility index (Phi) is 4.32. The first-order valence-corrected chi connectivity index (χ1v) is 7.07. The number of hydrogen-bond donors (Lipinski definition) is 1. The Morgan fingerprint density at radius 2 is 2.05 bits per heavy atom. The third kappa shape index (κ3) is 3.07. The van der Waals surface area contributed by atoms with Crippen molar-refractivity contribution in [2.75, 3.05) is 7.05 Å². The van der Waals surface area contributed by atoms with E-state index in [9.17, 15) is 14.4 Å². The van der Waals surface area contributed by atoms with Crippen LogP contribution in [0.5, 0.6) is 0 Å². The summed E-state index contributed by atoms with van der Waals surface area (Å²) in [5.74, 6) is -0.0414. The highest BCUT2D eigenvalue weighted by Gasteiger charge is 2.30. The Labute approximate surface area is 123 Å². The summed E-state index contributed by atoms with van der Waals surface area (Å²) in [6.45, 7) is 0.200. The molecule has 0 spiro atoms. The predicted octanol–water partition coefficient (Wildman–Crippen LogP) is -0.830. The summed E-state index contributed by atoms with van der Waals surface area (Å²) in [6.07, 6.45) is 3.87. The van der Waals surface area contributed by atoms with Crippen LogP contribution in [0.1, 0.15) is 24.8 Å². The largest absolute Gasteiger partial charge is 0.341 e. The molecule has 21 heavy (non-hydrogen) atoms. The first-order chi connectivity index (χ1) is 9.81. The fraction of sp³-hybridized carbons (Fsp3) is 0.643. The maximum absolute atomic E-state index is 12.3. The molecule has 1 saturated carbocycles. The lowest BCUT2D eigenvalue weighted by molar-refractivity contribution is -0.134. The lowest BCUT2D eigenvalue weighted by Gasteiger charge is -2.21. The number of carbonyl (C=O) groups excluding carboxylic acids is 1. The van der Waals surface area contributed by atoms with Gasteiger partial charge in [0.05, 0.1) is 12.1 Å². The molecule has 1 heterocycles. The Morgan fingerprint density at radius 3 is 2.62 bits per heavy atom. The fourth-order valence-corrected chi connectivity index (χ4v) is 2.88. The van der Waals surface area contributed by atoms with Crippen molar-refractivity contribution in [2.24, 2.45) is 25.7 Å². The third-order valence-electron chi connectivity index (χ3n) is 4.12. The van der Waals surface area contributed by atoms with Crippen molar-refractivity contribution < 1.29 is 4.79 Å². The van der Waals surface area contributed by atoms with Crippen molar-refractivity contribution in [1.29, 1.82) is 0 Å². The van der Waals surface area contributed by atoms with Crippen LogP contribution in [0.25, 0.3) is 0 Å². The van der Waals surface area contributed by atoms with Gasteiger partial charge in [0, 0.05) is 39.3 Å². The molecule has 2 N–H and O–H groups in total. The van der Waals surface area contributed by atoms with Gasteiger partial charge < -0.3 is 15.2 Å². The minimum absolute atomic E-state index is 0.0128. The van der Waals surface area contributed by atoms with Gasteiger partial charge >= 0.3 is 5.69 Å². The van der Waals surface area contributed by atoms with E-state index in [4.69, 9.17) is 5.73 Å². The molecule has 1 fully saturated rings. The number of amides is 1. The highest BCUT2D eigenvalue weighted by molar-refractivity contribution is 5.78. The standard InChI is InChI=1S/C14H22N4O3/c1-16(12(19)9-4-5-11(15)6-9)7-10-8-17(2)14(21)18(3)13(10)20/h8-9,11H,4-7,15H2,1-3H3. The Hall–Kier alpha value is -1.89. The summed E-state index contributed by atoms with van der Waals surface area (Å²) in [5.41, 5.74) is 5.53. The second kappa shape index (κ2) is 5.85. The second-order valence-electron chi connectivity index (χ2n) is 5.88. The molecule has 1 aliphatic rings. The lowest BCUT2D eigenvalue weighted by Crippen LogP contribution is -2.41. The molecule has 0 radical (unpaired) electrons. The van der Waals surface area contributed by atoms with Crippen molar-refractivity contribution in [2.45, 2.75) is 31.8 Å². The van der Waals surface area contributed by atoms with Gasteiger partial charge in [-0.25, -0.2) is 4.79 Å². The fourth-order valence-electron chi connectivity index (χ4n) is 2.88. The normalized spacial score (nSPS) is 21.5. The van der Waals surface area contributed by atoms with Crippen LogP contribution in [-0.2, 0) is 25.4 Å². The Bertz CT molecular complexity index is 661. The van der Waals surface area contributed by atoms with E-state index >= 15 is 0 Å². The van der Waals surface area contributed by atoms with E-state index in [2.05, 4.69) is 0 Å². The molecule has 7 heteroatoms. The van der Waals surface area contributed by atoms with Gasteiger partial charge in [0.2, 0.25) is 5.91 Å². The number of carbonyl (C=O) groups is 1. The summed E-state index contributed by atoms with van der Waals surface area (Å²) >= 11 is 0. The minimum atomic E-state index is -0.375. The molecular weight excluding hydrogens is 272 g/mol. The van der Waals surface area contributed by atoms with Crippen molar-refractivity contribution >= 4 is 5.91 Å². The van der Waals surface area contributed by atoms with Crippen LogP contribution < -0.4 is 17.0 Å². The summed E-state index contributed by atoms with van der Waals surface area (Å²) in [4.78, 5) is 37.6. The topological polar surface area (TPSA) is 90.3 Å². The Morgan fingerprint density at radius 1 is 1.38 bits per heavy atom. The van der Waals surface area contributed by atoms with Gasteiger partial charge in [-0.1, -0.05) is 0 Å². The smallest absolute Gasteiger partial charge is 0.330 e. The SMILES string of the molecule is CN(Cc1cn(C)c(=O)n(C)c1=O)C(=O)C1CCC(N)C1. The molecule has 116 valence electrons. The lowest BCUT2D eigenvalue weighted by atomic mass is 10.1. The summed E-state index contributed by atoms with van der Waals surface area (Å²) < 4.78 is 2.40. The van der Waals surface area contributed by atoms with E-state index < -0.39 is 0 Å². The second-order valence-corrected chi connectivity index (χ2v) is 5.88.